The van der Waals surface area contributed by atoms with Crippen LogP contribution in [0, 0.1) is 5.95 Å². The van der Waals surface area contributed by atoms with Gasteiger partial charge in [0.25, 0.3) is 0 Å². The molecule has 178 valence electrons. The van der Waals surface area contributed by atoms with Crippen LogP contribution in [0.2, 0.25) is 0 Å². The smallest absolute Gasteiger partial charge is 0.217 e. The van der Waals surface area contributed by atoms with E-state index in [0.29, 0.717) is 24.4 Å². The SMILES string of the molecule is COc1cc2c(cc1OC)CN(C=O)CC2.Fc1ncccc1CN1CCc2ccccc2C1. The summed E-state index contributed by atoms with van der Waals surface area (Å²) < 4.78 is 24.0. The number of rotatable bonds is 5. The molecule has 2 aromatic carbocycles. The fraction of sp³-hybridized carbons (Fsp3) is 0.333. The van der Waals surface area contributed by atoms with E-state index in [1.54, 1.807) is 25.2 Å². The molecule has 2 aliphatic heterocycles. The standard InChI is InChI=1S/C15H15FN2.C12H15NO3/c16-15-14(6-3-8-17-15)11-18-9-7-12-4-1-2-5-13(12)10-18;1-15-11-5-9-3-4-13(8-14)7-10(9)6-12(11)16-2/h1-6,8H,7,9-11H2;5-6,8H,3-4,7H2,1-2H3. The second-order valence-electron chi connectivity index (χ2n) is 8.48. The van der Waals surface area contributed by atoms with Gasteiger partial charge in [0.05, 0.1) is 14.2 Å². The van der Waals surface area contributed by atoms with Gasteiger partial charge in [-0.2, -0.15) is 4.39 Å². The molecule has 0 fully saturated rings. The molecular weight excluding hydrogens is 433 g/mol. The van der Waals surface area contributed by atoms with E-state index in [1.807, 2.05) is 18.2 Å². The molecule has 7 heteroatoms. The lowest BCUT2D eigenvalue weighted by molar-refractivity contribution is -0.118. The number of carbonyl (C=O) groups excluding carboxylic acids is 1. The number of benzene rings is 2. The molecule has 0 saturated heterocycles. The van der Waals surface area contributed by atoms with Gasteiger partial charge in [-0.3, -0.25) is 9.69 Å². The highest BCUT2D eigenvalue weighted by molar-refractivity contribution is 5.52. The van der Waals surface area contributed by atoms with Gasteiger partial charge in [0.1, 0.15) is 0 Å². The maximum atomic E-state index is 13.5. The Morgan fingerprint density at radius 2 is 1.62 bits per heavy atom. The third-order valence-corrected chi connectivity index (χ3v) is 6.34. The molecular formula is C27H30FN3O3. The number of carbonyl (C=O) groups is 1. The van der Waals surface area contributed by atoms with Crippen LogP contribution in [0.1, 0.15) is 27.8 Å². The van der Waals surface area contributed by atoms with Crippen LogP contribution in [-0.4, -0.2) is 48.5 Å². The number of methoxy groups -OCH3 is 2. The molecule has 2 aliphatic rings. The number of halogens is 1. The summed E-state index contributed by atoms with van der Waals surface area (Å²) in [5, 5.41) is 0. The van der Waals surface area contributed by atoms with E-state index in [0.717, 1.165) is 50.2 Å². The molecule has 3 heterocycles. The van der Waals surface area contributed by atoms with Gasteiger partial charge >= 0.3 is 0 Å². The zero-order chi connectivity index (χ0) is 23.9. The molecule has 1 aromatic heterocycles. The summed E-state index contributed by atoms with van der Waals surface area (Å²) in [6.07, 6.45) is 4.29. The van der Waals surface area contributed by atoms with Crippen LogP contribution < -0.4 is 9.47 Å². The normalized spacial score (nSPS) is 14.9. The van der Waals surface area contributed by atoms with Crippen LogP contribution in [0.4, 0.5) is 4.39 Å². The second-order valence-corrected chi connectivity index (χ2v) is 8.48. The second kappa shape index (κ2) is 11.1. The highest BCUT2D eigenvalue weighted by Gasteiger charge is 2.18. The maximum Gasteiger partial charge on any atom is 0.217 e. The Morgan fingerprint density at radius 1 is 0.912 bits per heavy atom. The molecule has 0 aliphatic carbocycles. The number of pyridine rings is 1. The van der Waals surface area contributed by atoms with Crippen LogP contribution in [0.15, 0.2) is 54.7 Å². The molecule has 0 bridgehead atoms. The lowest BCUT2D eigenvalue weighted by Crippen LogP contribution is -2.30. The van der Waals surface area contributed by atoms with E-state index < -0.39 is 0 Å². The van der Waals surface area contributed by atoms with Gasteiger partial charge in [-0.25, -0.2) is 4.98 Å². The first-order valence-corrected chi connectivity index (χ1v) is 11.4. The fourth-order valence-corrected chi connectivity index (χ4v) is 4.46. The molecule has 0 unspecified atom stereocenters. The first-order valence-electron chi connectivity index (χ1n) is 11.4. The summed E-state index contributed by atoms with van der Waals surface area (Å²) in [6, 6.07) is 16.0. The lowest BCUT2D eigenvalue weighted by Gasteiger charge is -2.28. The molecule has 3 aromatic rings. The molecule has 6 nitrogen and oxygen atoms in total. The van der Waals surface area contributed by atoms with Crippen molar-refractivity contribution in [1.29, 1.82) is 0 Å². The van der Waals surface area contributed by atoms with E-state index in [2.05, 4.69) is 34.1 Å². The molecule has 0 radical (unpaired) electrons. The van der Waals surface area contributed by atoms with Crippen molar-refractivity contribution >= 4 is 6.41 Å². The van der Waals surface area contributed by atoms with Crippen molar-refractivity contribution in [2.24, 2.45) is 0 Å². The zero-order valence-corrected chi connectivity index (χ0v) is 19.7. The minimum absolute atomic E-state index is 0.351. The van der Waals surface area contributed by atoms with Crippen molar-refractivity contribution in [3.63, 3.8) is 0 Å². The Bertz CT molecular complexity index is 1140. The zero-order valence-electron chi connectivity index (χ0n) is 19.7. The largest absolute Gasteiger partial charge is 0.493 e. The Hall–Kier alpha value is -3.45. The van der Waals surface area contributed by atoms with Crippen molar-refractivity contribution in [3.8, 4) is 11.5 Å². The van der Waals surface area contributed by atoms with E-state index in [-0.39, 0.29) is 5.95 Å². The number of fused-ring (bicyclic) bond motifs is 2. The maximum absolute atomic E-state index is 13.5. The minimum Gasteiger partial charge on any atom is -0.493 e. The summed E-state index contributed by atoms with van der Waals surface area (Å²) in [7, 11) is 3.25. The van der Waals surface area contributed by atoms with Crippen LogP contribution in [-0.2, 0) is 37.3 Å². The van der Waals surface area contributed by atoms with Gasteiger partial charge in [0, 0.05) is 44.5 Å². The average Bonchev–Trinajstić information content (AvgIpc) is 2.89. The van der Waals surface area contributed by atoms with E-state index >= 15 is 0 Å². The van der Waals surface area contributed by atoms with Crippen molar-refractivity contribution in [2.45, 2.75) is 32.5 Å². The van der Waals surface area contributed by atoms with Gasteiger partial charge in [0.2, 0.25) is 12.4 Å². The first-order chi connectivity index (χ1) is 16.6. The van der Waals surface area contributed by atoms with Gasteiger partial charge in [-0.05, 0) is 53.3 Å². The van der Waals surface area contributed by atoms with Crippen LogP contribution >= 0.6 is 0 Å². The van der Waals surface area contributed by atoms with Crippen LogP contribution in [0.25, 0.3) is 0 Å². The molecule has 34 heavy (non-hydrogen) atoms. The molecule has 0 N–H and O–H groups in total. The van der Waals surface area contributed by atoms with Crippen molar-refractivity contribution in [2.75, 3.05) is 27.3 Å². The average molecular weight is 464 g/mol. The molecule has 5 rings (SSSR count). The predicted molar refractivity (Wildman–Crippen MR) is 128 cm³/mol. The molecule has 0 saturated carbocycles. The Labute approximate surface area is 199 Å². The number of nitrogens with zero attached hydrogens (tertiary/aromatic N) is 3. The topological polar surface area (TPSA) is 54.9 Å². The van der Waals surface area contributed by atoms with Crippen LogP contribution in [0.3, 0.4) is 0 Å². The highest BCUT2D eigenvalue weighted by Crippen LogP contribution is 2.32. The monoisotopic (exact) mass is 463 g/mol. The third-order valence-electron chi connectivity index (χ3n) is 6.34. The predicted octanol–water partition coefficient (Wildman–Crippen LogP) is 4.00. The van der Waals surface area contributed by atoms with Gasteiger partial charge in [-0.1, -0.05) is 30.3 Å². The minimum atomic E-state index is -0.351. The van der Waals surface area contributed by atoms with Gasteiger partial charge in [-0.15, -0.1) is 0 Å². The summed E-state index contributed by atoms with van der Waals surface area (Å²) in [4.78, 5) is 18.4. The van der Waals surface area contributed by atoms with Crippen LogP contribution in [0.5, 0.6) is 11.5 Å². The van der Waals surface area contributed by atoms with Crippen molar-refractivity contribution in [3.05, 3.63) is 88.5 Å². The fourth-order valence-electron chi connectivity index (χ4n) is 4.46. The lowest BCUT2D eigenvalue weighted by atomic mass is 9.99. The van der Waals surface area contributed by atoms with E-state index in [4.69, 9.17) is 9.47 Å². The quantitative estimate of drug-likeness (QED) is 0.423. The summed E-state index contributed by atoms with van der Waals surface area (Å²) in [5.74, 6) is 1.12. The summed E-state index contributed by atoms with van der Waals surface area (Å²) in [6.45, 7) is 3.93. The highest BCUT2D eigenvalue weighted by atomic mass is 19.1. The summed E-state index contributed by atoms with van der Waals surface area (Å²) >= 11 is 0. The Morgan fingerprint density at radius 3 is 2.32 bits per heavy atom. The van der Waals surface area contributed by atoms with Gasteiger partial charge < -0.3 is 14.4 Å². The Balaban J connectivity index is 0.000000162. The number of hydrogen-bond donors (Lipinski definition) is 0. The number of aromatic nitrogens is 1. The number of amides is 1. The molecule has 0 spiro atoms. The van der Waals surface area contributed by atoms with E-state index in [9.17, 15) is 9.18 Å². The molecule has 1 amide bonds. The van der Waals surface area contributed by atoms with Crippen molar-refractivity contribution in [1.82, 2.24) is 14.8 Å². The Kier molecular flexibility index (Phi) is 7.75. The number of hydrogen-bond acceptors (Lipinski definition) is 5. The summed E-state index contributed by atoms with van der Waals surface area (Å²) in [5.41, 5.74) is 5.82. The van der Waals surface area contributed by atoms with E-state index in [1.165, 1.54) is 22.9 Å². The number of ether oxygens (including phenoxy) is 2. The first kappa shape index (κ1) is 23.7. The molecule has 0 atom stereocenters. The van der Waals surface area contributed by atoms with Crippen molar-refractivity contribution < 1.29 is 18.7 Å². The third kappa shape index (κ3) is 5.54. The van der Waals surface area contributed by atoms with Gasteiger partial charge in [0.15, 0.2) is 11.5 Å².